The molecule has 0 aliphatic heterocycles. The van der Waals surface area contributed by atoms with Gasteiger partial charge in [-0.05, 0) is 340 Å². The van der Waals surface area contributed by atoms with Crippen molar-refractivity contribution in [1.82, 2.24) is 0 Å². The second-order valence-corrected chi connectivity index (χ2v) is 38.4. The van der Waals surface area contributed by atoms with Gasteiger partial charge in [-0.15, -0.1) is 0 Å². The summed E-state index contributed by atoms with van der Waals surface area (Å²) in [4.78, 5) is 14.6. The summed E-state index contributed by atoms with van der Waals surface area (Å²) in [5, 5.41) is 0. The average Bonchev–Trinajstić information content (AvgIpc) is 1.50. The van der Waals surface area contributed by atoms with Gasteiger partial charge in [0.05, 0.1) is 10.8 Å². The topological polar surface area (TPSA) is 19.4 Å². The molecule has 6 heteroatoms. The standard InChI is InChI=1S/C130H100N6/c1-127(2,3)91-62-72-111-112-73-63-92(128(4,5)6)82-120(112)129(119(111)81-91)121-83-105(131(93-39-17-7-18-40-93)94-41-19-8-20-42-94)66-74-113(121)114-79-71-110(88-122(114)129)136(102-57-35-16-36-58-102)104-59-37-38-90(80-104)89-60-64-103(65-61-89)135(101-55-33-15-34-56-101)109-70-78-118-117-77-69-108(134(99-51-29-13-30-52-99)100-53-31-14-32-54-100)86-125(117)130(126(118)87-109)123-84-106(132(95-43-21-9-22-44-95)96-45-23-10-24-46-96)67-75-115(123)116-76-68-107(85-124(116)130)133(97-47-25-11-26-48-97)98-49-27-12-28-50-98/h7-88H,1-6H3. The Balaban J connectivity index is 0.674. The van der Waals surface area contributed by atoms with Gasteiger partial charge in [-0.25, -0.2) is 0 Å². The van der Waals surface area contributed by atoms with E-state index in [0.717, 1.165) is 113 Å². The van der Waals surface area contributed by atoms with Gasteiger partial charge in [-0.1, -0.05) is 321 Å². The Hall–Kier alpha value is -16.8. The minimum atomic E-state index is -0.931. The van der Waals surface area contributed by atoms with Crippen molar-refractivity contribution < 1.29 is 0 Å². The van der Waals surface area contributed by atoms with Gasteiger partial charge in [0.1, 0.15) is 0 Å². The molecule has 0 radical (unpaired) electrons. The third-order valence-electron chi connectivity index (χ3n) is 28.4. The highest BCUT2D eigenvalue weighted by atomic mass is 15.2. The number of anilines is 18. The zero-order valence-corrected chi connectivity index (χ0v) is 77.0. The fourth-order valence-electron chi connectivity index (χ4n) is 22.2. The largest absolute Gasteiger partial charge is 0.310 e. The van der Waals surface area contributed by atoms with Crippen molar-refractivity contribution in [3.63, 3.8) is 0 Å². The predicted octanol–water partition coefficient (Wildman–Crippen LogP) is 35.5. The number of hydrogen-bond donors (Lipinski definition) is 0. The molecule has 136 heavy (non-hydrogen) atoms. The normalized spacial score (nSPS) is 12.9. The third-order valence-corrected chi connectivity index (χ3v) is 28.4. The lowest BCUT2D eigenvalue weighted by molar-refractivity contribution is 0.586. The number of hydrogen-bond acceptors (Lipinski definition) is 6. The fourth-order valence-corrected chi connectivity index (χ4v) is 22.2. The van der Waals surface area contributed by atoms with Crippen molar-refractivity contribution in [3.05, 3.63) is 553 Å². The van der Waals surface area contributed by atoms with Crippen molar-refractivity contribution in [2.75, 3.05) is 29.4 Å². The van der Waals surface area contributed by atoms with Crippen LogP contribution in [-0.4, -0.2) is 0 Å². The summed E-state index contributed by atoms with van der Waals surface area (Å²) in [6, 6.07) is 186. The Kier molecular flexibility index (Phi) is 20.1. The van der Waals surface area contributed by atoms with Gasteiger partial charge in [-0.3, -0.25) is 0 Å². The Morgan fingerprint density at radius 2 is 0.294 bits per heavy atom. The van der Waals surface area contributed by atoms with Crippen LogP contribution in [0.3, 0.4) is 0 Å². The van der Waals surface area contributed by atoms with Crippen LogP contribution in [0.2, 0.25) is 0 Å². The van der Waals surface area contributed by atoms with Gasteiger partial charge in [0, 0.05) is 102 Å². The highest BCUT2D eigenvalue weighted by molar-refractivity contribution is 6.03. The van der Waals surface area contributed by atoms with Gasteiger partial charge in [0.25, 0.3) is 0 Å². The molecule has 0 amide bonds. The monoisotopic (exact) mass is 1740 g/mol. The zero-order chi connectivity index (χ0) is 91.4. The maximum atomic E-state index is 2.57. The molecule has 4 aliphatic rings. The first-order valence-electron chi connectivity index (χ1n) is 47.4. The Morgan fingerprint density at radius 1 is 0.132 bits per heavy atom. The maximum absolute atomic E-state index is 2.57. The maximum Gasteiger partial charge on any atom is 0.0728 e. The minimum absolute atomic E-state index is 0.132. The molecule has 2 spiro atoms. The highest BCUT2D eigenvalue weighted by Gasteiger charge is 2.55. The molecule has 0 unspecified atom stereocenters. The van der Waals surface area contributed by atoms with Crippen molar-refractivity contribution in [1.29, 1.82) is 0 Å². The molecule has 0 saturated heterocycles. The van der Waals surface area contributed by atoms with E-state index in [-0.39, 0.29) is 10.8 Å². The molecular formula is C130H100N6. The molecule has 20 aromatic carbocycles. The van der Waals surface area contributed by atoms with E-state index < -0.39 is 10.8 Å². The van der Waals surface area contributed by atoms with Gasteiger partial charge in [0.15, 0.2) is 0 Å². The Labute approximate surface area is 798 Å². The molecule has 20 aromatic rings. The lowest BCUT2D eigenvalue weighted by Gasteiger charge is -2.35. The molecule has 0 bridgehead atoms. The third kappa shape index (κ3) is 13.8. The summed E-state index contributed by atoms with van der Waals surface area (Å²) in [6.07, 6.45) is 0. The number of fused-ring (bicyclic) bond motifs is 20. The summed E-state index contributed by atoms with van der Waals surface area (Å²) in [6.45, 7) is 14.1. The summed E-state index contributed by atoms with van der Waals surface area (Å²) < 4.78 is 0. The highest BCUT2D eigenvalue weighted by Crippen LogP contribution is 2.68. The second kappa shape index (κ2) is 33.2. The Morgan fingerprint density at radius 3 is 0.500 bits per heavy atom. The average molecular weight is 1750 g/mol. The SMILES string of the molecule is CC(C)(C)c1ccc2c(c1)C1(c3cc(N(c4ccccc4)c4ccccc4)ccc3-c3ccc(N(c4ccccc4)c4cccc(-c5ccc(N(c6ccccc6)c6ccc7c(c6)C6(c8cc(N(c9ccccc9)c9ccccc9)ccc8-c8ccc(N(c9ccccc9)c9ccccc9)cc86)c6cc(N(c8ccccc8)c8ccccc8)ccc6-7)cc5)c4)cc31)c1cc(C(C)(C)C)ccc1-2. The fraction of sp³-hybridized carbons (Fsp3) is 0.0769. The van der Waals surface area contributed by atoms with Gasteiger partial charge in [0.2, 0.25) is 0 Å². The molecule has 6 nitrogen and oxygen atoms in total. The van der Waals surface area contributed by atoms with Gasteiger partial charge in [-0.2, -0.15) is 0 Å². The van der Waals surface area contributed by atoms with Crippen LogP contribution in [0, 0.1) is 0 Å². The van der Waals surface area contributed by atoms with Crippen molar-refractivity contribution in [2.24, 2.45) is 0 Å². The van der Waals surface area contributed by atoms with Gasteiger partial charge < -0.3 is 29.4 Å². The van der Waals surface area contributed by atoms with E-state index in [9.17, 15) is 0 Å². The molecular weight excluding hydrogens is 1650 g/mol. The first-order valence-corrected chi connectivity index (χ1v) is 47.4. The van der Waals surface area contributed by atoms with Crippen LogP contribution >= 0.6 is 0 Å². The van der Waals surface area contributed by atoms with Crippen LogP contribution in [0.4, 0.5) is 102 Å². The Bertz CT molecular complexity index is 7410. The summed E-state index contributed by atoms with van der Waals surface area (Å²) in [7, 11) is 0. The van der Waals surface area contributed by atoms with E-state index in [2.05, 4.69) is 568 Å². The molecule has 4 aliphatic carbocycles. The summed E-state index contributed by atoms with van der Waals surface area (Å²) >= 11 is 0. The lowest BCUT2D eigenvalue weighted by atomic mass is 9.68. The van der Waals surface area contributed by atoms with E-state index in [1.807, 2.05) is 0 Å². The van der Waals surface area contributed by atoms with E-state index in [1.54, 1.807) is 0 Å². The quantitative estimate of drug-likeness (QED) is 0.0798. The van der Waals surface area contributed by atoms with Crippen LogP contribution in [0.5, 0.6) is 0 Å². The predicted molar refractivity (Wildman–Crippen MR) is 570 cm³/mol. The van der Waals surface area contributed by atoms with Gasteiger partial charge >= 0.3 is 0 Å². The molecule has 24 rings (SSSR count). The second-order valence-electron chi connectivity index (χ2n) is 38.4. The number of para-hydroxylation sites is 10. The minimum Gasteiger partial charge on any atom is -0.310 e. The van der Waals surface area contributed by atoms with Crippen LogP contribution < -0.4 is 29.4 Å². The van der Waals surface area contributed by atoms with Crippen molar-refractivity contribution in [2.45, 2.75) is 63.2 Å². The first-order chi connectivity index (χ1) is 66.7. The van der Waals surface area contributed by atoms with Crippen LogP contribution in [0.25, 0.3) is 55.6 Å². The van der Waals surface area contributed by atoms with Crippen LogP contribution in [0.15, 0.2) is 497 Å². The lowest BCUT2D eigenvalue weighted by Crippen LogP contribution is -2.28. The van der Waals surface area contributed by atoms with E-state index in [4.69, 9.17) is 0 Å². The molecule has 0 aromatic heterocycles. The van der Waals surface area contributed by atoms with Crippen molar-refractivity contribution >= 4 is 102 Å². The molecule has 0 fully saturated rings. The van der Waals surface area contributed by atoms with Crippen LogP contribution in [-0.2, 0) is 21.7 Å². The van der Waals surface area contributed by atoms with Crippen molar-refractivity contribution in [3.8, 4) is 55.6 Å². The van der Waals surface area contributed by atoms with E-state index >= 15 is 0 Å². The zero-order valence-electron chi connectivity index (χ0n) is 77.0. The molecule has 0 saturated carbocycles. The number of benzene rings is 20. The number of rotatable bonds is 19. The molecule has 650 valence electrons. The molecule has 0 atom stereocenters. The smallest absolute Gasteiger partial charge is 0.0728 e. The molecule has 0 heterocycles. The summed E-state index contributed by atoms with van der Waals surface area (Å²) in [5.41, 5.74) is 41.8. The van der Waals surface area contributed by atoms with E-state index in [0.29, 0.717) is 0 Å². The number of nitrogens with zero attached hydrogens (tertiary/aromatic N) is 6. The first kappa shape index (κ1) is 82.4. The molecule has 0 N–H and O–H groups in total. The van der Waals surface area contributed by atoms with E-state index in [1.165, 1.54) is 100 Å². The van der Waals surface area contributed by atoms with Crippen LogP contribution in [0.1, 0.15) is 97.2 Å². The summed E-state index contributed by atoms with van der Waals surface area (Å²) in [5.74, 6) is 0.